The Morgan fingerprint density at radius 2 is 2.33 bits per heavy atom. The van der Waals surface area contributed by atoms with Crippen LogP contribution in [0.2, 0.25) is 0 Å². The van der Waals surface area contributed by atoms with Crippen LogP contribution in [0, 0.1) is 10.1 Å². The number of hydrogen-bond donors (Lipinski definition) is 1. The second kappa shape index (κ2) is 4.45. The van der Waals surface area contributed by atoms with Crippen LogP contribution in [0.25, 0.3) is 0 Å². The third-order valence-corrected chi connectivity index (χ3v) is 2.06. The lowest BCUT2D eigenvalue weighted by Gasteiger charge is -2.09. The molecule has 0 saturated carbocycles. The summed E-state index contributed by atoms with van der Waals surface area (Å²) in [4.78, 5) is 10.1. The summed E-state index contributed by atoms with van der Waals surface area (Å²) >= 11 is 0. The van der Waals surface area contributed by atoms with E-state index in [9.17, 15) is 10.1 Å². The van der Waals surface area contributed by atoms with Crippen LogP contribution < -0.4 is 10.5 Å². The van der Waals surface area contributed by atoms with Gasteiger partial charge in [0.2, 0.25) is 0 Å². The van der Waals surface area contributed by atoms with Gasteiger partial charge >= 0.3 is 0 Å². The summed E-state index contributed by atoms with van der Waals surface area (Å²) in [5.74, 6) is 0.540. The molecule has 0 bridgehead atoms. The van der Waals surface area contributed by atoms with Gasteiger partial charge in [-0.3, -0.25) is 10.1 Å². The Morgan fingerprint density at radius 3 is 2.80 bits per heavy atom. The van der Waals surface area contributed by atoms with Crippen molar-refractivity contribution < 1.29 is 9.66 Å². The zero-order chi connectivity index (χ0) is 11.4. The summed E-state index contributed by atoms with van der Waals surface area (Å²) < 4.78 is 5.06. The van der Waals surface area contributed by atoms with Crippen LogP contribution >= 0.6 is 0 Å². The summed E-state index contributed by atoms with van der Waals surface area (Å²) in [5.41, 5.74) is 6.31. The van der Waals surface area contributed by atoms with E-state index in [1.54, 1.807) is 6.08 Å². The van der Waals surface area contributed by atoms with Gasteiger partial charge in [0.1, 0.15) is 11.4 Å². The van der Waals surface area contributed by atoms with Crippen LogP contribution in [-0.2, 0) is 6.42 Å². The van der Waals surface area contributed by atoms with Crippen molar-refractivity contribution in [2.75, 3.05) is 12.8 Å². The molecular formula is C10H12N2O3. The quantitative estimate of drug-likeness (QED) is 0.355. The Labute approximate surface area is 87.3 Å². The lowest BCUT2D eigenvalue weighted by atomic mass is 10.1. The van der Waals surface area contributed by atoms with Gasteiger partial charge in [-0.1, -0.05) is 6.08 Å². The van der Waals surface area contributed by atoms with Gasteiger partial charge in [-0.05, 0) is 12.5 Å². The lowest BCUT2D eigenvalue weighted by Crippen LogP contribution is -2.02. The van der Waals surface area contributed by atoms with E-state index in [0.29, 0.717) is 17.7 Å². The molecule has 80 valence electrons. The fourth-order valence-electron chi connectivity index (χ4n) is 1.34. The Hall–Kier alpha value is -2.04. The van der Waals surface area contributed by atoms with Crippen LogP contribution in [0.15, 0.2) is 24.8 Å². The van der Waals surface area contributed by atoms with Gasteiger partial charge in [0.25, 0.3) is 5.69 Å². The van der Waals surface area contributed by atoms with Gasteiger partial charge in [0.15, 0.2) is 0 Å². The Kier molecular flexibility index (Phi) is 3.28. The van der Waals surface area contributed by atoms with Crippen molar-refractivity contribution in [2.24, 2.45) is 0 Å². The van der Waals surface area contributed by atoms with Crippen molar-refractivity contribution in [1.82, 2.24) is 0 Å². The van der Waals surface area contributed by atoms with E-state index in [0.717, 1.165) is 0 Å². The highest BCUT2D eigenvalue weighted by molar-refractivity contribution is 5.67. The number of nitrogens with zero attached hydrogens (tertiary/aromatic N) is 1. The summed E-state index contributed by atoms with van der Waals surface area (Å²) in [6, 6.07) is 2.87. The Balaban J connectivity index is 3.34. The van der Waals surface area contributed by atoms with Gasteiger partial charge in [-0.15, -0.1) is 6.58 Å². The molecule has 0 aromatic heterocycles. The van der Waals surface area contributed by atoms with Gasteiger partial charge in [0, 0.05) is 11.6 Å². The monoisotopic (exact) mass is 208 g/mol. The molecule has 0 atom stereocenters. The molecule has 5 heteroatoms. The predicted octanol–water partition coefficient (Wildman–Crippen LogP) is 1.91. The number of hydrogen-bond acceptors (Lipinski definition) is 4. The molecule has 2 N–H and O–H groups in total. The third kappa shape index (κ3) is 2.07. The highest BCUT2D eigenvalue weighted by atomic mass is 16.6. The molecule has 0 radical (unpaired) electrons. The van der Waals surface area contributed by atoms with Crippen LogP contribution in [0.3, 0.4) is 0 Å². The van der Waals surface area contributed by atoms with Crippen molar-refractivity contribution in [3.8, 4) is 5.75 Å². The molecule has 15 heavy (non-hydrogen) atoms. The van der Waals surface area contributed by atoms with E-state index >= 15 is 0 Å². The minimum Gasteiger partial charge on any atom is -0.496 e. The first-order valence-electron chi connectivity index (χ1n) is 4.32. The number of nitrogen functional groups attached to an aromatic ring is 1. The van der Waals surface area contributed by atoms with E-state index in [2.05, 4.69) is 6.58 Å². The first kappa shape index (κ1) is 11.0. The van der Waals surface area contributed by atoms with E-state index in [1.165, 1.54) is 19.2 Å². The average molecular weight is 208 g/mol. The summed E-state index contributed by atoms with van der Waals surface area (Å²) in [6.45, 7) is 3.57. The highest BCUT2D eigenvalue weighted by Crippen LogP contribution is 2.32. The highest BCUT2D eigenvalue weighted by Gasteiger charge is 2.17. The molecule has 1 aromatic rings. The van der Waals surface area contributed by atoms with Crippen molar-refractivity contribution in [3.63, 3.8) is 0 Å². The standard InChI is InChI=1S/C10H12N2O3/c1-3-4-7-9(15-2)6-5-8(10(7)11)12(13)14/h3,5-6H,1,4,11H2,2H3. The molecule has 0 spiro atoms. The number of nitro benzene ring substituents is 1. The minimum atomic E-state index is -0.513. The number of nitrogens with two attached hydrogens (primary N) is 1. The van der Waals surface area contributed by atoms with Crippen LogP contribution in [0.1, 0.15) is 5.56 Å². The summed E-state index contributed by atoms with van der Waals surface area (Å²) in [7, 11) is 1.49. The number of rotatable bonds is 4. The maximum atomic E-state index is 10.6. The number of methoxy groups -OCH3 is 1. The molecule has 0 aliphatic carbocycles. The smallest absolute Gasteiger partial charge is 0.292 e. The van der Waals surface area contributed by atoms with Crippen molar-refractivity contribution in [1.29, 1.82) is 0 Å². The molecular weight excluding hydrogens is 196 g/mol. The predicted molar refractivity (Wildman–Crippen MR) is 58.0 cm³/mol. The molecule has 0 aliphatic rings. The van der Waals surface area contributed by atoms with E-state index < -0.39 is 4.92 Å². The fraction of sp³-hybridized carbons (Fsp3) is 0.200. The number of ether oxygens (including phenoxy) is 1. The maximum absolute atomic E-state index is 10.6. The Morgan fingerprint density at radius 1 is 1.67 bits per heavy atom. The zero-order valence-electron chi connectivity index (χ0n) is 8.40. The van der Waals surface area contributed by atoms with Gasteiger partial charge < -0.3 is 10.5 Å². The fourth-order valence-corrected chi connectivity index (χ4v) is 1.34. The molecule has 0 fully saturated rings. The number of benzene rings is 1. The molecule has 0 amide bonds. The molecule has 0 saturated heterocycles. The number of anilines is 1. The van der Waals surface area contributed by atoms with Crippen molar-refractivity contribution >= 4 is 11.4 Å². The topological polar surface area (TPSA) is 78.4 Å². The molecule has 1 rings (SSSR count). The second-order valence-electron chi connectivity index (χ2n) is 2.93. The second-order valence-corrected chi connectivity index (χ2v) is 2.93. The first-order valence-corrected chi connectivity index (χ1v) is 4.32. The molecule has 1 aromatic carbocycles. The van der Waals surface area contributed by atoms with Crippen molar-refractivity contribution in [3.05, 3.63) is 40.5 Å². The Bertz CT molecular complexity index is 402. The third-order valence-electron chi connectivity index (χ3n) is 2.06. The zero-order valence-corrected chi connectivity index (χ0v) is 8.40. The SMILES string of the molecule is C=CCc1c(OC)ccc([N+](=O)[O-])c1N. The van der Waals surface area contributed by atoms with E-state index in [-0.39, 0.29) is 11.4 Å². The minimum absolute atomic E-state index is 0.104. The molecule has 0 unspecified atom stereocenters. The lowest BCUT2D eigenvalue weighted by molar-refractivity contribution is -0.384. The molecule has 0 aliphatic heterocycles. The largest absolute Gasteiger partial charge is 0.496 e. The number of allylic oxidation sites excluding steroid dienone is 1. The molecule has 0 heterocycles. The first-order chi connectivity index (χ1) is 7.11. The van der Waals surface area contributed by atoms with Gasteiger partial charge in [-0.25, -0.2) is 0 Å². The number of nitro groups is 1. The van der Waals surface area contributed by atoms with Crippen LogP contribution in [-0.4, -0.2) is 12.0 Å². The van der Waals surface area contributed by atoms with E-state index in [4.69, 9.17) is 10.5 Å². The normalized spacial score (nSPS) is 9.67. The van der Waals surface area contributed by atoms with Gasteiger partial charge in [0.05, 0.1) is 12.0 Å². The van der Waals surface area contributed by atoms with Gasteiger partial charge in [-0.2, -0.15) is 0 Å². The summed E-state index contributed by atoms with van der Waals surface area (Å²) in [5, 5.41) is 10.6. The molecule has 5 nitrogen and oxygen atoms in total. The van der Waals surface area contributed by atoms with Crippen molar-refractivity contribution in [2.45, 2.75) is 6.42 Å². The maximum Gasteiger partial charge on any atom is 0.292 e. The average Bonchev–Trinajstić information content (AvgIpc) is 2.20. The van der Waals surface area contributed by atoms with E-state index in [1.807, 2.05) is 0 Å². The van der Waals surface area contributed by atoms with Crippen LogP contribution in [0.5, 0.6) is 5.75 Å². The summed E-state index contributed by atoms with van der Waals surface area (Å²) in [6.07, 6.45) is 2.06. The van der Waals surface area contributed by atoms with Crippen LogP contribution in [0.4, 0.5) is 11.4 Å².